The molecule has 0 aliphatic carbocycles. The number of rotatable bonds is 4. The summed E-state index contributed by atoms with van der Waals surface area (Å²) in [5.41, 5.74) is 1.61. The molecular weight excluding hydrogens is 296 g/mol. The Hall–Kier alpha value is -1.62. The second-order valence-electron chi connectivity index (χ2n) is 4.10. The first-order valence-corrected chi connectivity index (χ1v) is 6.37. The normalized spacial score (nSPS) is 12.1. The van der Waals surface area contributed by atoms with Crippen molar-refractivity contribution in [1.82, 2.24) is 10.3 Å². The number of furan rings is 1. The number of hydrogen-bond donors (Lipinski definition) is 1. The number of amides is 1. The van der Waals surface area contributed by atoms with Gasteiger partial charge in [-0.15, -0.1) is 0 Å². The standard InChI is InChI=1S/C13H13BrN2O2/c1-9(4-10-2-3-18-8-10)16-13(17)11-5-12(14)7-15-6-11/h2-3,5-9H,4H2,1H3,(H,16,17). The van der Waals surface area contributed by atoms with Gasteiger partial charge in [0.25, 0.3) is 5.91 Å². The monoisotopic (exact) mass is 308 g/mol. The van der Waals surface area contributed by atoms with E-state index in [2.05, 4.69) is 26.2 Å². The van der Waals surface area contributed by atoms with E-state index in [9.17, 15) is 4.79 Å². The Morgan fingerprint density at radius 3 is 3.06 bits per heavy atom. The van der Waals surface area contributed by atoms with Gasteiger partial charge in [0.15, 0.2) is 0 Å². The van der Waals surface area contributed by atoms with Crippen molar-refractivity contribution >= 4 is 21.8 Å². The molecule has 0 radical (unpaired) electrons. The maximum atomic E-state index is 11.9. The van der Waals surface area contributed by atoms with Crippen molar-refractivity contribution in [3.05, 3.63) is 52.7 Å². The van der Waals surface area contributed by atoms with E-state index in [1.165, 1.54) is 0 Å². The maximum absolute atomic E-state index is 11.9. The Labute approximate surface area is 114 Å². The highest BCUT2D eigenvalue weighted by atomic mass is 79.9. The van der Waals surface area contributed by atoms with Crippen LogP contribution >= 0.6 is 15.9 Å². The summed E-state index contributed by atoms with van der Waals surface area (Å²) in [6, 6.07) is 3.67. The third kappa shape index (κ3) is 3.43. The number of nitrogens with zero attached hydrogens (tertiary/aromatic N) is 1. The molecule has 2 rings (SSSR count). The second kappa shape index (κ2) is 5.82. The summed E-state index contributed by atoms with van der Waals surface area (Å²) in [5, 5.41) is 2.92. The fraction of sp³-hybridized carbons (Fsp3) is 0.231. The van der Waals surface area contributed by atoms with Crippen LogP contribution in [0.2, 0.25) is 0 Å². The van der Waals surface area contributed by atoms with E-state index in [4.69, 9.17) is 4.42 Å². The quantitative estimate of drug-likeness (QED) is 0.945. The summed E-state index contributed by atoms with van der Waals surface area (Å²) >= 11 is 3.29. The lowest BCUT2D eigenvalue weighted by Crippen LogP contribution is -2.34. The minimum Gasteiger partial charge on any atom is -0.472 e. The van der Waals surface area contributed by atoms with Gasteiger partial charge in [0, 0.05) is 22.9 Å². The number of pyridine rings is 1. The smallest absolute Gasteiger partial charge is 0.253 e. The lowest BCUT2D eigenvalue weighted by atomic mass is 10.1. The molecule has 0 saturated heterocycles. The second-order valence-corrected chi connectivity index (χ2v) is 5.02. The molecule has 4 nitrogen and oxygen atoms in total. The van der Waals surface area contributed by atoms with E-state index in [-0.39, 0.29) is 11.9 Å². The van der Waals surface area contributed by atoms with Crippen LogP contribution in [0.1, 0.15) is 22.8 Å². The van der Waals surface area contributed by atoms with Crippen LogP contribution in [-0.4, -0.2) is 16.9 Å². The molecule has 94 valence electrons. The van der Waals surface area contributed by atoms with Crippen LogP contribution in [-0.2, 0) is 6.42 Å². The van der Waals surface area contributed by atoms with E-state index in [1.54, 1.807) is 31.0 Å². The van der Waals surface area contributed by atoms with Crippen molar-refractivity contribution in [2.45, 2.75) is 19.4 Å². The van der Waals surface area contributed by atoms with Gasteiger partial charge < -0.3 is 9.73 Å². The maximum Gasteiger partial charge on any atom is 0.253 e. The predicted octanol–water partition coefficient (Wildman–Crippen LogP) is 2.80. The molecule has 2 aromatic rings. The van der Waals surface area contributed by atoms with E-state index < -0.39 is 0 Å². The van der Waals surface area contributed by atoms with Crippen LogP contribution in [0.5, 0.6) is 0 Å². The molecule has 2 aromatic heterocycles. The van der Waals surface area contributed by atoms with E-state index in [0.717, 1.165) is 16.5 Å². The van der Waals surface area contributed by atoms with Gasteiger partial charge in [0.1, 0.15) is 0 Å². The molecule has 0 bridgehead atoms. The van der Waals surface area contributed by atoms with Crippen LogP contribution in [0.15, 0.2) is 45.9 Å². The molecule has 0 aliphatic heterocycles. The Morgan fingerprint density at radius 2 is 2.39 bits per heavy atom. The SMILES string of the molecule is CC(Cc1ccoc1)NC(=O)c1cncc(Br)c1. The third-order valence-corrected chi connectivity index (χ3v) is 2.90. The zero-order valence-corrected chi connectivity index (χ0v) is 11.5. The fourth-order valence-electron chi connectivity index (χ4n) is 1.66. The Bertz CT molecular complexity index is 526. The molecule has 2 heterocycles. The summed E-state index contributed by atoms with van der Waals surface area (Å²) in [4.78, 5) is 15.9. The largest absolute Gasteiger partial charge is 0.472 e. The van der Waals surface area contributed by atoms with Crippen molar-refractivity contribution in [2.24, 2.45) is 0 Å². The molecule has 5 heteroatoms. The highest BCUT2D eigenvalue weighted by Gasteiger charge is 2.11. The third-order valence-electron chi connectivity index (χ3n) is 2.47. The average molecular weight is 309 g/mol. The van der Waals surface area contributed by atoms with Gasteiger partial charge in [-0.25, -0.2) is 0 Å². The molecule has 1 amide bonds. The van der Waals surface area contributed by atoms with Crippen LogP contribution in [0, 0.1) is 0 Å². The summed E-state index contributed by atoms with van der Waals surface area (Å²) < 4.78 is 5.78. The lowest BCUT2D eigenvalue weighted by molar-refractivity contribution is 0.0939. The van der Waals surface area contributed by atoms with Crippen molar-refractivity contribution < 1.29 is 9.21 Å². The van der Waals surface area contributed by atoms with Gasteiger partial charge in [0.2, 0.25) is 0 Å². The first-order chi connectivity index (χ1) is 8.65. The van der Waals surface area contributed by atoms with Gasteiger partial charge in [-0.3, -0.25) is 9.78 Å². The summed E-state index contributed by atoms with van der Waals surface area (Å²) in [5.74, 6) is -0.125. The topological polar surface area (TPSA) is 55.1 Å². The van der Waals surface area contributed by atoms with Crippen molar-refractivity contribution in [1.29, 1.82) is 0 Å². The molecule has 0 saturated carbocycles. The number of carbonyl (C=O) groups is 1. The van der Waals surface area contributed by atoms with Crippen molar-refractivity contribution in [2.75, 3.05) is 0 Å². The van der Waals surface area contributed by atoms with Gasteiger partial charge in [-0.05, 0) is 47.0 Å². The number of halogens is 1. The first kappa shape index (κ1) is 12.8. The first-order valence-electron chi connectivity index (χ1n) is 5.57. The molecular formula is C13H13BrN2O2. The minimum atomic E-state index is -0.125. The van der Waals surface area contributed by atoms with Crippen LogP contribution in [0.3, 0.4) is 0 Å². The van der Waals surface area contributed by atoms with Gasteiger partial charge >= 0.3 is 0 Å². The Morgan fingerprint density at radius 1 is 1.56 bits per heavy atom. The molecule has 1 N–H and O–H groups in total. The van der Waals surface area contributed by atoms with Crippen LogP contribution in [0.25, 0.3) is 0 Å². The summed E-state index contributed by atoms with van der Waals surface area (Å²) in [7, 11) is 0. The number of carbonyl (C=O) groups excluding carboxylic acids is 1. The number of aromatic nitrogens is 1. The van der Waals surface area contributed by atoms with Gasteiger partial charge in [0.05, 0.1) is 18.1 Å². The Kier molecular flexibility index (Phi) is 4.15. The molecule has 18 heavy (non-hydrogen) atoms. The molecule has 0 aromatic carbocycles. The van der Waals surface area contributed by atoms with E-state index in [0.29, 0.717) is 5.56 Å². The summed E-state index contributed by atoms with van der Waals surface area (Å²) in [6.07, 6.45) is 7.24. The highest BCUT2D eigenvalue weighted by molar-refractivity contribution is 9.10. The Balaban J connectivity index is 1.95. The highest BCUT2D eigenvalue weighted by Crippen LogP contribution is 2.10. The lowest BCUT2D eigenvalue weighted by Gasteiger charge is -2.12. The van der Waals surface area contributed by atoms with E-state index >= 15 is 0 Å². The van der Waals surface area contributed by atoms with Crippen LogP contribution < -0.4 is 5.32 Å². The minimum absolute atomic E-state index is 0.0362. The molecule has 1 atom stereocenters. The zero-order chi connectivity index (χ0) is 13.0. The zero-order valence-electron chi connectivity index (χ0n) is 9.89. The fourth-order valence-corrected chi connectivity index (χ4v) is 2.02. The van der Waals surface area contributed by atoms with Gasteiger partial charge in [-0.1, -0.05) is 0 Å². The summed E-state index contributed by atoms with van der Waals surface area (Å²) in [6.45, 7) is 1.95. The van der Waals surface area contributed by atoms with Gasteiger partial charge in [-0.2, -0.15) is 0 Å². The molecule has 0 spiro atoms. The molecule has 0 fully saturated rings. The molecule has 1 unspecified atom stereocenters. The average Bonchev–Trinajstić information content (AvgIpc) is 2.81. The van der Waals surface area contributed by atoms with Crippen molar-refractivity contribution in [3.8, 4) is 0 Å². The van der Waals surface area contributed by atoms with E-state index in [1.807, 2.05) is 13.0 Å². The van der Waals surface area contributed by atoms with Crippen LogP contribution in [0.4, 0.5) is 0 Å². The number of hydrogen-bond acceptors (Lipinski definition) is 3. The number of nitrogens with one attached hydrogen (secondary N) is 1. The molecule has 0 aliphatic rings. The predicted molar refractivity (Wildman–Crippen MR) is 71.3 cm³/mol. The van der Waals surface area contributed by atoms with Crippen molar-refractivity contribution in [3.63, 3.8) is 0 Å².